The normalized spacial score (nSPS) is 11.3. The van der Waals surface area contributed by atoms with E-state index in [-0.39, 0.29) is 11.7 Å². The van der Waals surface area contributed by atoms with Gasteiger partial charge in [-0.1, -0.05) is 30.7 Å². The number of nitrogens with zero attached hydrogens (tertiary/aromatic N) is 1. The zero-order chi connectivity index (χ0) is 21.0. The highest BCUT2D eigenvalue weighted by Gasteiger charge is 2.14. The highest BCUT2D eigenvalue weighted by Crippen LogP contribution is 2.28. The second kappa shape index (κ2) is 8.75. The lowest BCUT2D eigenvalue weighted by Gasteiger charge is -2.08. The van der Waals surface area contributed by atoms with Gasteiger partial charge in [-0.3, -0.25) is 9.52 Å². The minimum Gasteiger partial charge on any atom is -0.321 e. The van der Waals surface area contributed by atoms with Crippen molar-refractivity contribution in [3.05, 3.63) is 64.7 Å². The van der Waals surface area contributed by atoms with Crippen LogP contribution in [0.5, 0.6) is 0 Å². The molecule has 0 unspecified atom stereocenters. The molecule has 0 atom stereocenters. The Bertz CT molecular complexity index is 1120. The fraction of sp³-hybridized carbons (Fsp3) is 0.238. The minimum atomic E-state index is -3.34. The Labute approximate surface area is 175 Å². The van der Waals surface area contributed by atoms with E-state index < -0.39 is 10.0 Å². The Balaban J connectivity index is 1.69. The summed E-state index contributed by atoms with van der Waals surface area (Å²) in [6, 6.07) is 12.7. The van der Waals surface area contributed by atoms with Gasteiger partial charge >= 0.3 is 0 Å². The molecule has 0 spiro atoms. The van der Waals surface area contributed by atoms with Gasteiger partial charge in [0.05, 0.1) is 5.75 Å². The molecule has 0 saturated carbocycles. The molecule has 1 aromatic heterocycles. The van der Waals surface area contributed by atoms with Crippen LogP contribution in [0.4, 0.5) is 11.4 Å². The molecule has 2 aromatic carbocycles. The number of hydrogen-bond acceptors (Lipinski definition) is 5. The second-order valence-corrected chi connectivity index (χ2v) is 9.51. The van der Waals surface area contributed by atoms with Crippen molar-refractivity contribution in [3.8, 4) is 10.6 Å². The molecule has 6 nitrogen and oxygen atoms in total. The first-order chi connectivity index (χ1) is 13.8. The van der Waals surface area contributed by atoms with E-state index in [1.165, 1.54) is 16.9 Å². The Hall–Kier alpha value is -2.71. The molecule has 152 valence electrons. The van der Waals surface area contributed by atoms with Gasteiger partial charge in [0.15, 0.2) is 0 Å². The number of rotatable bonds is 7. The van der Waals surface area contributed by atoms with E-state index in [9.17, 15) is 13.2 Å². The number of thiazole rings is 1. The summed E-state index contributed by atoms with van der Waals surface area (Å²) in [6.45, 7) is 5.87. The van der Waals surface area contributed by atoms with Gasteiger partial charge < -0.3 is 5.32 Å². The van der Waals surface area contributed by atoms with Crippen LogP contribution in [0, 0.1) is 13.8 Å². The first-order valence-corrected chi connectivity index (χ1v) is 11.8. The number of aryl methyl sites for hydroxylation is 2. The topological polar surface area (TPSA) is 88.2 Å². The summed E-state index contributed by atoms with van der Waals surface area (Å²) in [5.74, 6) is -0.241. The molecule has 0 aliphatic heterocycles. The maximum Gasteiger partial charge on any atom is 0.275 e. The van der Waals surface area contributed by atoms with Crippen molar-refractivity contribution in [1.29, 1.82) is 0 Å². The lowest BCUT2D eigenvalue weighted by molar-refractivity contribution is 0.102. The van der Waals surface area contributed by atoms with Crippen molar-refractivity contribution in [1.82, 2.24) is 4.98 Å². The molecule has 0 bridgehead atoms. The van der Waals surface area contributed by atoms with Gasteiger partial charge in [0.25, 0.3) is 5.91 Å². The van der Waals surface area contributed by atoms with Gasteiger partial charge in [-0.05, 0) is 50.1 Å². The SMILES string of the molecule is CCCS(=O)(=O)Nc1ccc(NC(=O)c2csc(-c3ccc(C)cc3C)n2)cc1. The third-order valence-corrected chi connectivity index (χ3v) is 6.61. The molecule has 0 saturated heterocycles. The zero-order valence-corrected chi connectivity index (χ0v) is 18.2. The van der Waals surface area contributed by atoms with Gasteiger partial charge in [0.2, 0.25) is 10.0 Å². The summed E-state index contributed by atoms with van der Waals surface area (Å²) >= 11 is 1.43. The van der Waals surface area contributed by atoms with Crippen LogP contribution in [0.25, 0.3) is 10.6 Å². The highest BCUT2D eigenvalue weighted by atomic mass is 32.2. The molecule has 3 aromatic rings. The van der Waals surface area contributed by atoms with Crippen LogP contribution in [-0.2, 0) is 10.0 Å². The van der Waals surface area contributed by atoms with Gasteiger partial charge in [-0.2, -0.15) is 0 Å². The van der Waals surface area contributed by atoms with Crippen molar-refractivity contribution in [2.75, 3.05) is 15.8 Å². The molecule has 0 radical (unpaired) electrons. The minimum absolute atomic E-state index is 0.0676. The number of sulfonamides is 1. The lowest BCUT2D eigenvalue weighted by atomic mass is 10.1. The predicted molar refractivity (Wildman–Crippen MR) is 119 cm³/mol. The average Bonchev–Trinajstić information content (AvgIpc) is 3.13. The van der Waals surface area contributed by atoms with Crippen molar-refractivity contribution < 1.29 is 13.2 Å². The summed E-state index contributed by atoms with van der Waals surface area (Å²) in [4.78, 5) is 17.0. The molecule has 0 aliphatic rings. The smallest absolute Gasteiger partial charge is 0.275 e. The van der Waals surface area contributed by atoms with E-state index in [0.29, 0.717) is 23.5 Å². The van der Waals surface area contributed by atoms with Crippen molar-refractivity contribution >= 4 is 38.6 Å². The molecule has 3 rings (SSSR count). The summed E-state index contributed by atoms with van der Waals surface area (Å²) in [7, 11) is -3.34. The van der Waals surface area contributed by atoms with Gasteiger partial charge in [-0.25, -0.2) is 13.4 Å². The van der Waals surface area contributed by atoms with Crippen LogP contribution < -0.4 is 10.0 Å². The van der Waals surface area contributed by atoms with Crippen LogP contribution in [0.1, 0.15) is 35.0 Å². The highest BCUT2D eigenvalue weighted by molar-refractivity contribution is 7.92. The third-order valence-electron chi connectivity index (χ3n) is 4.24. The molecule has 2 N–H and O–H groups in total. The van der Waals surface area contributed by atoms with Crippen molar-refractivity contribution in [2.45, 2.75) is 27.2 Å². The van der Waals surface area contributed by atoms with Crippen LogP contribution in [0.15, 0.2) is 47.8 Å². The fourth-order valence-electron chi connectivity index (χ4n) is 2.87. The van der Waals surface area contributed by atoms with E-state index in [1.54, 1.807) is 29.6 Å². The van der Waals surface area contributed by atoms with Gasteiger partial charge in [0.1, 0.15) is 10.7 Å². The van der Waals surface area contributed by atoms with E-state index in [4.69, 9.17) is 0 Å². The summed E-state index contributed by atoms with van der Waals surface area (Å²) in [5, 5.41) is 5.32. The van der Waals surface area contributed by atoms with E-state index >= 15 is 0 Å². The van der Waals surface area contributed by atoms with Crippen LogP contribution >= 0.6 is 11.3 Å². The summed E-state index contributed by atoms with van der Waals surface area (Å²) < 4.78 is 26.2. The zero-order valence-electron chi connectivity index (χ0n) is 16.5. The second-order valence-electron chi connectivity index (χ2n) is 6.81. The number of anilines is 2. The van der Waals surface area contributed by atoms with Crippen molar-refractivity contribution in [3.63, 3.8) is 0 Å². The van der Waals surface area contributed by atoms with Crippen LogP contribution in [0.2, 0.25) is 0 Å². The number of aromatic nitrogens is 1. The molecule has 0 aliphatic carbocycles. The van der Waals surface area contributed by atoms with Crippen molar-refractivity contribution in [2.24, 2.45) is 0 Å². The molecule has 29 heavy (non-hydrogen) atoms. The number of benzene rings is 2. The molecule has 1 amide bonds. The summed E-state index contributed by atoms with van der Waals surface area (Å²) in [6.07, 6.45) is 0.543. The van der Waals surface area contributed by atoms with Gasteiger partial charge in [0, 0.05) is 22.3 Å². The number of hydrogen-bond donors (Lipinski definition) is 2. The van der Waals surface area contributed by atoms with Crippen LogP contribution in [0.3, 0.4) is 0 Å². The van der Waals surface area contributed by atoms with E-state index in [2.05, 4.69) is 21.1 Å². The van der Waals surface area contributed by atoms with E-state index in [0.717, 1.165) is 16.1 Å². The lowest BCUT2D eigenvalue weighted by Crippen LogP contribution is -2.16. The Kier molecular flexibility index (Phi) is 6.34. The number of carbonyl (C=O) groups is 1. The first kappa shape index (κ1) is 21.0. The molecular weight excluding hydrogens is 406 g/mol. The Morgan fingerprint density at radius 1 is 1.07 bits per heavy atom. The Morgan fingerprint density at radius 3 is 2.41 bits per heavy atom. The monoisotopic (exact) mass is 429 g/mol. The quantitative estimate of drug-likeness (QED) is 0.563. The summed E-state index contributed by atoms with van der Waals surface area (Å²) in [5.41, 5.74) is 4.69. The maximum atomic E-state index is 12.5. The van der Waals surface area contributed by atoms with Crippen LogP contribution in [-0.4, -0.2) is 25.1 Å². The number of carbonyl (C=O) groups excluding carboxylic acids is 1. The van der Waals surface area contributed by atoms with Gasteiger partial charge in [-0.15, -0.1) is 11.3 Å². The molecule has 1 heterocycles. The maximum absolute atomic E-state index is 12.5. The standard InChI is InChI=1S/C21H23N3O3S2/c1-4-11-29(26,27)24-17-8-6-16(7-9-17)22-20(25)19-13-28-21(23-19)18-10-5-14(2)12-15(18)3/h5-10,12-13,24H,4,11H2,1-3H3,(H,22,25). The third kappa shape index (κ3) is 5.42. The first-order valence-electron chi connectivity index (χ1n) is 9.22. The molecular formula is C21H23N3O3S2. The predicted octanol–water partition coefficient (Wildman–Crippen LogP) is 4.83. The molecule has 8 heteroatoms. The molecule has 0 fully saturated rings. The fourth-order valence-corrected chi connectivity index (χ4v) is 4.90. The Morgan fingerprint density at radius 2 is 1.76 bits per heavy atom. The average molecular weight is 430 g/mol. The largest absolute Gasteiger partial charge is 0.321 e. The van der Waals surface area contributed by atoms with E-state index in [1.807, 2.05) is 32.9 Å². The number of amides is 1. The number of nitrogens with one attached hydrogen (secondary N) is 2.